The van der Waals surface area contributed by atoms with Gasteiger partial charge in [-0.15, -0.1) is 0 Å². The quantitative estimate of drug-likeness (QED) is 0.656. The average molecular weight is 363 g/mol. The first-order chi connectivity index (χ1) is 13.0. The summed E-state index contributed by atoms with van der Waals surface area (Å²) in [4.78, 5) is 40.1. The van der Waals surface area contributed by atoms with E-state index in [-0.39, 0.29) is 29.4 Å². The smallest absolute Gasteiger partial charge is 0.257 e. The number of Topliss-reactive ketones (excluding diaryl/α,β-unsaturated/α-hetero) is 1. The molecule has 27 heavy (non-hydrogen) atoms. The maximum atomic E-state index is 12.4. The van der Waals surface area contributed by atoms with Crippen molar-refractivity contribution < 1.29 is 18.8 Å². The lowest BCUT2D eigenvalue weighted by Gasteiger charge is -2.08. The maximum Gasteiger partial charge on any atom is 0.257 e. The molecule has 3 aromatic rings. The molecule has 0 aliphatic carbocycles. The second-order valence-corrected chi connectivity index (χ2v) is 5.82. The minimum atomic E-state index is -0.427. The van der Waals surface area contributed by atoms with E-state index < -0.39 is 5.91 Å². The summed E-state index contributed by atoms with van der Waals surface area (Å²) in [7, 11) is 0. The van der Waals surface area contributed by atoms with E-state index in [1.165, 1.54) is 31.6 Å². The monoisotopic (exact) mass is 363 g/mol. The Morgan fingerprint density at radius 2 is 1.74 bits per heavy atom. The molecule has 2 aromatic heterocycles. The molecular formula is C20H17N3O4. The standard InChI is InChI=1S/C20H17N3O4/c1-13(24)14-4-2-5-17(9-14)23-20(26)16-8-15(10-21-11-16)19(25)22-12-18-6-3-7-27-18/h2-11H,12H2,1H3,(H,22,25)(H,23,26). The van der Waals surface area contributed by atoms with Crippen LogP contribution in [0, 0.1) is 0 Å². The summed E-state index contributed by atoms with van der Waals surface area (Å²) >= 11 is 0. The van der Waals surface area contributed by atoms with E-state index in [0.717, 1.165) is 0 Å². The van der Waals surface area contributed by atoms with Crippen LogP contribution >= 0.6 is 0 Å². The first-order valence-electron chi connectivity index (χ1n) is 8.21. The largest absolute Gasteiger partial charge is 0.467 e. The van der Waals surface area contributed by atoms with Gasteiger partial charge in [0.15, 0.2) is 5.78 Å². The fourth-order valence-electron chi connectivity index (χ4n) is 2.39. The Balaban J connectivity index is 1.69. The Morgan fingerprint density at radius 3 is 2.44 bits per heavy atom. The predicted molar refractivity (Wildman–Crippen MR) is 98.5 cm³/mol. The van der Waals surface area contributed by atoms with E-state index in [2.05, 4.69) is 15.6 Å². The highest BCUT2D eigenvalue weighted by Crippen LogP contribution is 2.13. The van der Waals surface area contributed by atoms with Gasteiger partial charge < -0.3 is 15.1 Å². The molecule has 3 rings (SSSR count). The predicted octanol–water partition coefficient (Wildman–Crippen LogP) is 3.06. The van der Waals surface area contributed by atoms with E-state index in [1.807, 2.05) is 0 Å². The molecule has 0 radical (unpaired) electrons. The summed E-state index contributed by atoms with van der Waals surface area (Å²) < 4.78 is 5.16. The maximum absolute atomic E-state index is 12.4. The third-order valence-corrected chi connectivity index (χ3v) is 3.79. The first kappa shape index (κ1) is 18.1. The SMILES string of the molecule is CC(=O)c1cccc(NC(=O)c2cncc(C(=O)NCc3ccco3)c2)c1. The molecule has 0 saturated heterocycles. The number of rotatable bonds is 6. The van der Waals surface area contributed by atoms with Crippen LogP contribution in [-0.4, -0.2) is 22.6 Å². The van der Waals surface area contributed by atoms with Crippen LogP contribution in [0.15, 0.2) is 65.5 Å². The number of benzene rings is 1. The van der Waals surface area contributed by atoms with Crippen LogP contribution in [0.3, 0.4) is 0 Å². The van der Waals surface area contributed by atoms with Gasteiger partial charge in [0, 0.05) is 23.6 Å². The molecule has 0 spiro atoms. The van der Waals surface area contributed by atoms with Gasteiger partial charge in [-0.25, -0.2) is 0 Å². The van der Waals surface area contributed by atoms with Crippen molar-refractivity contribution in [3.05, 3.63) is 83.6 Å². The fraction of sp³-hybridized carbons (Fsp3) is 0.100. The van der Waals surface area contributed by atoms with Crippen molar-refractivity contribution in [3.8, 4) is 0 Å². The average Bonchev–Trinajstić information content (AvgIpc) is 3.20. The van der Waals surface area contributed by atoms with Crippen molar-refractivity contribution in [3.63, 3.8) is 0 Å². The van der Waals surface area contributed by atoms with Gasteiger partial charge in [-0.2, -0.15) is 0 Å². The third kappa shape index (κ3) is 4.66. The van der Waals surface area contributed by atoms with Gasteiger partial charge in [-0.3, -0.25) is 19.4 Å². The number of hydrogen-bond acceptors (Lipinski definition) is 5. The molecule has 2 heterocycles. The molecule has 0 unspecified atom stereocenters. The zero-order chi connectivity index (χ0) is 19.2. The van der Waals surface area contributed by atoms with Gasteiger partial charge in [0.25, 0.3) is 11.8 Å². The highest BCUT2D eigenvalue weighted by Gasteiger charge is 2.12. The van der Waals surface area contributed by atoms with Gasteiger partial charge in [0.2, 0.25) is 0 Å². The first-order valence-corrected chi connectivity index (χ1v) is 8.21. The van der Waals surface area contributed by atoms with Crippen molar-refractivity contribution in [1.82, 2.24) is 10.3 Å². The molecule has 1 aromatic carbocycles. The molecule has 7 heteroatoms. The van der Waals surface area contributed by atoms with Crippen molar-refractivity contribution in [2.45, 2.75) is 13.5 Å². The fourth-order valence-corrected chi connectivity index (χ4v) is 2.39. The Kier molecular flexibility index (Phi) is 5.41. The van der Waals surface area contributed by atoms with Crippen molar-refractivity contribution in [1.29, 1.82) is 0 Å². The van der Waals surface area contributed by atoms with Crippen LogP contribution < -0.4 is 10.6 Å². The van der Waals surface area contributed by atoms with Crippen LogP contribution in [0.25, 0.3) is 0 Å². The van der Waals surface area contributed by atoms with Gasteiger partial charge >= 0.3 is 0 Å². The van der Waals surface area contributed by atoms with Crippen LogP contribution in [0.2, 0.25) is 0 Å². The molecular weight excluding hydrogens is 346 g/mol. The zero-order valence-corrected chi connectivity index (χ0v) is 14.6. The second-order valence-electron chi connectivity index (χ2n) is 5.82. The second kappa shape index (κ2) is 8.09. The molecule has 0 bridgehead atoms. The number of aromatic nitrogens is 1. The molecule has 0 fully saturated rings. The highest BCUT2D eigenvalue weighted by atomic mass is 16.3. The Morgan fingerprint density at radius 1 is 0.963 bits per heavy atom. The van der Waals surface area contributed by atoms with Crippen LogP contribution in [-0.2, 0) is 6.54 Å². The summed E-state index contributed by atoms with van der Waals surface area (Å²) in [6.45, 7) is 1.69. The van der Waals surface area contributed by atoms with E-state index in [9.17, 15) is 14.4 Å². The molecule has 2 amide bonds. The summed E-state index contributed by atoms with van der Waals surface area (Å²) in [6, 6.07) is 11.6. The molecule has 0 aliphatic heterocycles. The summed E-state index contributed by atoms with van der Waals surface area (Å²) in [5.41, 5.74) is 1.47. The summed E-state index contributed by atoms with van der Waals surface area (Å²) in [5.74, 6) is -0.269. The van der Waals surface area contributed by atoms with Crippen molar-refractivity contribution >= 4 is 23.3 Å². The summed E-state index contributed by atoms with van der Waals surface area (Å²) in [5, 5.41) is 5.39. The topological polar surface area (TPSA) is 101 Å². The van der Waals surface area contributed by atoms with Crippen LogP contribution in [0.4, 0.5) is 5.69 Å². The number of nitrogens with one attached hydrogen (secondary N) is 2. The molecule has 2 N–H and O–H groups in total. The number of furan rings is 1. The van der Waals surface area contributed by atoms with Crippen LogP contribution in [0.5, 0.6) is 0 Å². The molecule has 0 atom stereocenters. The van der Waals surface area contributed by atoms with Gasteiger partial charge in [0.1, 0.15) is 5.76 Å². The molecule has 0 aliphatic rings. The van der Waals surface area contributed by atoms with Crippen LogP contribution in [0.1, 0.15) is 43.8 Å². The highest BCUT2D eigenvalue weighted by molar-refractivity contribution is 6.06. The minimum Gasteiger partial charge on any atom is -0.467 e. The number of nitrogens with zero attached hydrogens (tertiary/aromatic N) is 1. The van der Waals surface area contributed by atoms with Crippen molar-refractivity contribution in [2.24, 2.45) is 0 Å². The lowest BCUT2D eigenvalue weighted by molar-refractivity contribution is 0.0946. The van der Waals surface area contributed by atoms with Gasteiger partial charge in [0.05, 0.1) is 23.9 Å². The minimum absolute atomic E-state index is 0.0945. The summed E-state index contributed by atoms with van der Waals surface area (Å²) in [6.07, 6.45) is 4.27. The zero-order valence-electron chi connectivity index (χ0n) is 14.6. The number of amides is 2. The lowest BCUT2D eigenvalue weighted by Crippen LogP contribution is -2.23. The lowest BCUT2D eigenvalue weighted by atomic mass is 10.1. The number of hydrogen-bond donors (Lipinski definition) is 2. The third-order valence-electron chi connectivity index (χ3n) is 3.79. The number of carbonyl (C=O) groups excluding carboxylic acids is 3. The van der Waals surface area contributed by atoms with Gasteiger partial charge in [-0.05, 0) is 37.3 Å². The van der Waals surface area contributed by atoms with E-state index in [1.54, 1.807) is 36.4 Å². The van der Waals surface area contributed by atoms with Gasteiger partial charge in [-0.1, -0.05) is 12.1 Å². The number of anilines is 1. The molecule has 7 nitrogen and oxygen atoms in total. The number of pyridine rings is 1. The normalized spacial score (nSPS) is 10.3. The molecule has 0 saturated carbocycles. The van der Waals surface area contributed by atoms with E-state index >= 15 is 0 Å². The molecule has 136 valence electrons. The van der Waals surface area contributed by atoms with Crippen molar-refractivity contribution in [2.75, 3.05) is 5.32 Å². The van der Waals surface area contributed by atoms with E-state index in [4.69, 9.17) is 4.42 Å². The Labute approximate surface area is 155 Å². The Hall–Kier alpha value is -3.74. The number of carbonyl (C=O) groups is 3. The Bertz CT molecular complexity index is 980. The van der Waals surface area contributed by atoms with E-state index in [0.29, 0.717) is 17.0 Å². The number of ketones is 1.